The van der Waals surface area contributed by atoms with Crippen molar-refractivity contribution in [1.82, 2.24) is 0 Å². The third kappa shape index (κ3) is 9.92. The van der Waals surface area contributed by atoms with Gasteiger partial charge >= 0.3 is 5.97 Å². The van der Waals surface area contributed by atoms with E-state index in [1.807, 2.05) is 62.9 Å². The number of anilines is 2. The lowest BCUT2D eigenvalue weighted by atomic mass is 9.83. The molecule has 11 nitrogen and oxygen atoms in total. The summed E-state index contributed by atoms with van der Waals surface area (Å²) in [4.78, 5) is 12.6. The molecule has 3 rings (SSSR count). The highest BCUT2D eigenvalue weighted by molar-refractivity contribution is 7.86. The van der Waals surface area contributed by atoms with Crippen LogP contribution in [0.15, 0.2) is 83.2 Å². The number of allylic oxidation sites excluding steroid dienone is 3. The maximum atomic E-state index is 11.9. The molecule has 1 aliphatic heterocycles. The zero-order valence-corrected chi connectivity index (χ0v) is 27.6. The van der Waals surface area contributed by atoms with Gasteiger partial charge < -0.3 is 20.1 Å². The van der Waals surface area contributed by atoms with Crippen molar-refractivity contribution in [3.05, 3.63) is 89.5 Å². The number of fused-ring (bicyclic) bond motifs is 1. The fourth-order valence-corrected chi connectivity index (χ4v) is 6.09. The Morgan fingerprint density at radius 3 is 2.33 bits per heavy atom. The Hall–Kier alpha value is -3.65. The number of ether oxygens (including phenoxy) is 1. The SMILES string of the molecule is C=C(Nc1ccc(CCC(=O)O)cc1)/C(=C/C=C1/N(CCCCS(=O)(=O)O)c2ccc(S(=O)(=O)O)cc2C1(C)C)OC(C)CC. The molecule has 0 amide bonds. The predicted octanol–water partition coefficient (Wildman–Crippen LogP) is 5.92. The first-order chi connectivity index (χ1) is 20.9. The Balaban J connectivity index is 1.99. The summed E-state index contributed by atoms with van der Waals surface area (Å²) >= 11 is 0. The van der Waals surface area contributed by atoms with Gasteiger partial charge in [-0.05, 0) is 86.2 Å². The molecule has 1 aliphatic rings. The number of benzene rings is 2. The van der Waals surface area contributed by atoms with E-state index < -0.39 is 31.6 Å². The van der Waals surface area contributed by atoms with Crippen molar-refractivity contribution < 1.29 is 40.6 Å². The summed E-state index contributed by atoms with van der Waals surface area (Å²) < 4.78 is 71.5. The van der Waals surface area contributed by atoms with Gasteiger partial charge in [0, 0.05) is 35.5 Å². The van der Waals surface area contributed by atoms with Crippen LogP contribution in [0.4, 0.5) is 11.4 Å². The molecule has 0 aliphatic carbocycles. The predicted molar refractivity (Wildman–Crippen MR) is 174 cm³/mol. The van der Waals surface area contributed by atoms with Crippen LogP contribution in [0, 0.1) is 0 Å². The molecule has 246 valence electrons. The van der Waals surface area contributed by atoms with Gasteiger partial charge in [-0.1, -0.05) is 39.5 Å². The second-order valence-electron chi connectivity index (χ2n) is 11.5. The van der Waals surface area contributed by atoms with Crippen molar-refractivity contribution >= 4 is 37.6 Å². The quantitative estimate of drug-likeness (QED) is 0.0727. The molecule has 1 unspecified atom stereocenters. The standard InChI is InChI=1S/C32H42N2O9S2/c1-6-22(2)43-29(23(3)33-25-12-9-24(10-13-25)11-18-31(35)36)16-17-30-32(4,5)27-21-26(45(40,41)42)14-15-28(27)34(30)19-7-8-20-44(37,38)39/h9-10,12-17,21-22,33H,3,6-8,11,18-20H2,1-2,4-5H3,(H,35,36)(H,37,38,39)(H,40,41,42)/b29-16-,30-17+. The Kier molecular flexibility index (Phi) is 11.6. The van der Waals surface area contributed by atoms with Gasteiger partial charge in [-0.25, -0.2) is 0 Å². The van der Waals surface area contributed by atoms with Crippen LogP contribution in [0.2, 0.25) is 0 Å². The molecule has 0 saturated heterocycles. The van der Waals surface area contributed by atoms with Crippen molar-refractivity contribution in [2.24, 2.45) is 0 Å². The fourth-order valence-electron chi connectivity index (χ4n) is 5.02. The van der Waals surface area contributed by atoms with E-state index in [9.17, 15) is 30.7 Å². The Morgan fingerprint density at radius 2 is 1.76 bits per heavy atom. The summed E-state index contributed by atoms with van der Waals surface area (Å²) in [6.07, 6.45) is 5.32. The molecule has 0 spiro atoms. The molecule has 0 saturated carbocycles. The number of rotatable bonds is 16. The van der Waals surface area contributed by atoms with Crippen LogP contribution in [-0.2, 0) is 41.6 Å². The number of nitrogens with zero attached hydrogens (tertiary/aromatic N) is 1. The first kappa shape index (κ1) is 35.8. The number of carbonyl (C=O) groups is 1. The van der Waals surface area contributed by atoms with Crippen molar-refractivity contribution in [1.29, 1.82) is 0 Å². The molecule has 1 atom stereocenters. The summed E-state index contributed by atoms with van der Waals surface area (Å²) in [5.74, 6) is -0.777. The minimum absolute atomic E-state index is 0.0404. The smallest absolute Gasteiger partial charge is 0.303 e. The maximum Gasteiger partial charge on any atom is 0.303 e. The van der Waals surface area contributed by atoms with Crippen LogP contribution in [0.5, 0.6) is 0 Å². The second-order valence-corrected chi connectivity index (χ2v) is 14.5. The summed E-state index contributed by atoms with van der Waals surface area (Å²) in [6, 6.07) is 11.7. The molecule has 1 heterocycles. The van der Waals surface area contributed by atoms with E-state index in [0.717, 1.165) is 23.4 Å². The first-order valence-electron chi connectivity index (χ1n) is 14.6. The number of nitrogens with one attached hydrogen (secondary N) is 1. The highest BCUT2D eigenvalue weighted by Crippen LogP contribution is 2.48. The summed E-state index contributed by atoms with van der Waals surface area (Å²) in [7, 11) is -8.56. The zero-order valence-electron chi connectivity index (χ0n) is 26.0. The van der Waals surface area contributed by atoms with Gasteiger partial charge in [-0.2, -0.15) is 16.8 Å². The number of carboxylic acids is 1. The van der Waals surface area contributed by atoms with E-state index in [4.69, 9.17) is 9.84 Å². The van der Waals surface area contributed by atoms with E-state index >= 15 is 0 Å². The molecule has 0 aromatic heterocycles. The van der Waals surface area contributed by atoms with Gasteiger partial charge in [0.05, 0.1) is 22.4 Å². The molecule has 2 aromatic carbocycles. The molecule has 4 N–H and O–H groups in total. The van der Waals surface area contributed by atoms with Crippen LogP contribution in [0.3, 0.4) is 0 Å². The van der Waals surface area contributed by atoms with Gasteiger partial charge in [-0.15, -0.1) is 0 Å². The highest BCUT2D eigenvalue weighted by atomic mass is 32.2. The summed E-state index contributed by atoms with van der Waals surface area (Å²) in [5, 5.41) is 12.2. The topological polar surface area (TPSA) is 171 Å². The summed E-state index contributed by atoms with van der Waals surface area (Å²) in [6.45, 7) is 12.3. The van der Waals surface area contributed by atoms with Crippen LogP contribution >= 0.6 is 0 Å². The molecule has 45 heavy (non-hydrogen) atoms. The summed E-state index contributed by atoms with van der Waals surface area (Å²) in [5.41, 5.74) is 3.53. The van der Waals surface area contributed by atoms with Crippen molar-refractivity contribution in [3.8, 4) is 0 Å². The monoisotopic (exact) mass is 662 g/mol. The van der Waals surface area contributed by atoms with Gasteiger partial charge in [-0.3, -0.25) is 13.9 Å². The van der Waals surface area contributed by atoms with Crippen LogP contribution < -0.4 is 10.2 Å². The van der Waals surface area contributed by atoms with E-state index in [1.165, 1.54) is 12.1 Å². The molecule has 0 radical (unpaired) electrons. The van der Waals surface area contributed by atoms with Crippen LogP contribution in [0.1, 0.15) is 64.5 Å². The van der Waals surface area contributed by atoms with E-state index in [1.54, 1.807) is 12.1 Å². The Bertz CT molecular complexity index is 1680. The van der Waals surface area contributed by atoms with Crippen molar-refractivity contribution in [2.45, 2.75) is 76.2 Å². The molecule has 0 fully saturated rings. The van der Waals surface area contributed by atoms with Crippen LogP contribution in [-0.4, -0.2) is 55.4 Å². The van der Waals surface area contributed by atoms with Crippen LogP contribution in [0.25, 0.3) is 0 Å². The molecular formula is C32H42N2O9S2. The molecule has 13 heteroatoms. The van der Waals surface area contributed by atoms with Crippen molar-refractivity contribution in [3.63, 3.8) is 0 Å². The van der Waals surface area contributed by atoms with E-state index in [2.05, 4.69) is 11.9 Å². The van der Waals surface area contributed by atoms with E-state index in [-0.39, 0.29) is 29.6 Å². The van der Waals surface area contributed by atoms with E-state index in [0.29, 0.717) is 42.1 Å². The van der Waals surface area contributed by atoms with Gasteiger partial charge in [0.25, 0.3) is 20.2 Å². The molecular weight excluding hydrogens is 620 g/mol. The Labute approximate surface area is 265 Å². The average Bonchev–Trinajstić information content (AvgIpc) is 3.16. The minimum Gasteiger partial charge on any atom is -0.489 e. The molecule has 0 bridgehead atoms. The number of aliphatic carboxylic acids is 1. The third-order valence-electron chi connectivity index (χ3n) is 7.66. The number of hydrogen-bond donors (Lipinski definition) is 4. The normalized spacial score (nSPS) is 16.4. The number of carboxylic acid groups (broad SMARTS) is 1. The first-order valence-corrected chi connectivity index (χ1v) is 17.7. The Morgan fingerprint density at radius 1 is 1.09 bits per heavy atom. The highest BCUT2D eigenvalue weighted by Gasteiger charge is 2.40. The maximum absolute atomic E-state index is 11.9. The van der Waals surface area contributed by atoms with Gasteiger partial charge in [0.2, 0.25) is 0 Å². The number of hydrogen-bond acceptors (Lipinski definition) is 8. The van der Waals surface area contributed by atoms with Gasteiger partial charge in [0.1, 0.15) is 5.76 Å². The minimum atomic E-state index is -4.45. The zero-order chi connectivity index (χ0) is 33.6. The number of aryl methyl sites for hydroxylation is 1. The second kappa shape index (κ2) is 14.6. The lowest BCUT2D eigenvalue weighted by molar-refractivity contribution is -0.136. The molecule has 2 aromatic rings. The lowest BCUT2D eigenvalue weighted by Gasteiger charge is -2.27. The third-order valence-corrected chi connectivity index (χ3v) is 9.32. The average molecular weight is 663 g/mol. The lowest BCUT2D eigenvalue weighted by Crippen LogP contribution is -2.27. The van der Waals surface area contributed by atoms with Crippen molar-refractivity contribution in [2.75, 3.05) is 22.5 Å². The fraction of sp³-hybridized carbons (Fsp3) is 0.406. The number of unbranched alkanes of at least 4 members (excludes halogenated alkanes) is 1. The largest absolute Gasteiger partial charge is 0.489 e. The van der Waals surface area contributed by atoms with Gasteiger partial charge in [0.15, 0.2) is 0 Å².